The van der Waals surface area contributed by atoms with Gasteiger partial charge in [-0.25, -0.2) is 4.98 Å². The first-order valence-electron chi connectivity index (χ1n) is 8.45. The molecule has 1 atom stereocenters. The molecule has 2 aromatic rings. The zero-order valence-corrected chi connectivity index (χ0v) is 13.4. The number of hydrogen-bond acceptors (Lipinski definition) is 4. The number of aromatic nitrogens is 2. The fourth-order valence-electron chi connectivity index (χ4n) is 3.73. The number of imidazole rings is 1. The van der Waals surface area contributed by atoms with Crippen molar-refractivity contribution in [3.05, 3.63) is 30.1 Å². The van der Waals surface area contributed by atoms with Gasteiger partial charge < -0.3 is 9.47 Å². The van der Waals surface area contributed by atoms with Crippen LogP contribution in [-0.2, 0) is 16.0 Å². The Kier molecular flexibility index (Phi) is 4.47. The maximum Gasteiger partial charge on any atom is 0.320 e. The minimum absolute atomic E-state index is 0.104. The quantitative estimate of drug-likeness (QED) is 0.859. The second-order valence-electron chi connectivity index (χ2n) is 6.31. The van der Waals surface area contributed by atoms with E-state index in [4.69, 9.17) is 9.47 Å². The second kappa shape index (κ2) is 6.74. The van der Waals surface area contributed by atoms with Crippen LogP contribution in [0.25, 0.3) is 11.0 Å². The topological polar surface area (TPSA) is 39.5 Å². The molecular weight excluding hydrogens is 316 g/mol. The Labute approximate surface area is 139 Å². The predicted molar refractivity (Wildman–Crippen MR) is 84.7 cm³/mol. The Morgan fingerprint density at radius 2 is 1.96 bits per heavy atom. The molecule has 2 fully saturated rings. The van der Waals surface area contributed by atoms with Crippen LogP contribution in [0.15, 0.2) is 24.3 Å². The van der Waals surface area contributed by atoms with Gasteiger partial charge in [0.1, 0.15) is 5.82 Å². The van der Waals surface area contributed by atoms with Gasteiger partial charge in [-0.1, -0.05) is 18.6 Å². The fraction of sp³-hybridized carbons (Fsp3) is 0.588. The average Bonchev–Trinajstić information content (AvgIpc) is 3.22. The molecule has 2 saturated heterocycles. The smallest absolute Gasteiger partial charge is 0.320 e. The van der Waals surface area contributed by atoms with Crippen LogP contribution in [0.4, 0.5) is 8.78 Å². The predicted octanol–water partition coefficient (Wildman–Crippen LogP) is 3.16. The molecule has 24 heavy (non-hydrogen) atoms. The molecule has 0 N–H and O–H groups in total. The molecule has 1 aromatic heterocycles. The molecule has 0 bridgehead atoms. The van der Waals surface area contributed by atoms with Crippen molar-refractivity contribution in [1.82, 2.24) is 14.5 Å². The molecule has 130 valence electrons. The summed E-state index contributed by atoms with van der Waals surface area (Å²) in [5.41, 5.74) is 1.08. The zero-order chi connectivity index (χ0) is 16.5. The van der Waals surface area contributed by atoms with Crippen molar-refractivity contribution in [3.8, 4) is 0 Å². The molecule has 3 heterocycles. The number of benzene rings is 1. The Hall–Kier alpha value is -1.57. The van der Waals surface area contributed by atoms with Crippen LogP contribution >= 0.6 is 0 Å². The van der Waals surface area contributed by atoms with E-state index in [0.29, 0.717) is 36.6 Å². The van der Waals surface area contributed by atoms with Crippen molar-refractivity contribution in [2.24, 2.45) is 0 Å². The normalized spacial score (nSPS) is 23.5. The van der Waals surface area contributed by atoms with E-state index in [9.17, 15) is 8.78 Å². The van der Waals surface area contributed by atoms with Crippen LogP contribution in [0.1, 0.15) is 31.6 Å². The molecule has 2 aliphatic rings. The van der Waals surface area contributed by atoms with Crippen molar-refractivity contribution in [3.63, 3.8) is 0 Å². The standard InChI is InChI=1S/C17H21F2N3O2/c18-17(19)22-13-6-2-1-5-12(13)20-15(22)11-21-8-4-3-7-14(21)16-23-9-10-24-16/h1-2,5-6,14,16-17H,3-4,7-11H2. The van der Waals surface area contributed by atoms with E-state index in [0.717, 1.165) is 30.4 Å². The van der Waals surface area contributed by atoms with E-state index < -0.39 is 6.55 Å². The molecule has 0 saturated carbocycles. The van der Waals surface area contributed by atoms with Gasteiger partial charge in [-0.15, -0.1) is 0 Å². The minimum Gasteiger partial charge on any atom is -0.349 e. The lowest BCUT2D eigenvalue weighted by molar-refractivity contribution is -0.112. The summed E-state index contributed by atoms with van der Waals surface area (Å²) in [7, 11) is 0. The van der Waals surface area contributed by atoms with Crippen LogP contribution in [0.2, 0.25) is 0 Å². The number of para-hydroxylation sites is 2. The Bertz CT molecular complexity index is 700. The van der Waals surface area contributed by atoms with E-state index in [1.807, 2.05) is 6.07 Å². The van der Waals surface area contributed by atoms with E-state index in [1.165, 1.54) is 0 Å². The summed E-state index contributed by atoms with van der Waals surface area (Å²) in [4.78, 5) is 6.63. The lowest BCUT2D eigenvalue weighted by Crippen LogP contribution is -2.47. The van der Waals surface area contributed by atoms with Gasteiger partial charge in [0.05, 0.1) is 36.8 Å². The molecule has 5 nitrogen and oxygen atoms in total. The molecule has 7 heteroatoms. The Balaban J connectivity index is 1.63. The third kappa shape index (κ3) is 2.92. The van der Waals surface area contributed by atoms with E-state index >= 15 is 0 Å². The third-order valence-corrected chi connectivity index (χ3v) is 4.83. The summed E-state index contributed by atoms with van der Waals surface area (Å²) in [5.74, 6) is 0.399. The molecule has 0 radical (unpaired) electrons. The minimum atomic E-state index is -2.60. The molecule has 0 amide bonds. The van der Waals surface area contributed by atoms with Crippen molar-refractivity contribution < 1.29 is 18.3 Å². The van der Waals surface area contributed by atoms with Gasteiger partial charge in [0.25, 0.3) is 0 Å². The summed E-state index contributed by atoms with van der Waals surface area (Å²) < 4.78 is 39.6. The molecular formula is C17H21F2N3O2. The summed E-state index contributed by atoms with van der Waals surface area (Å²) >= 11 is 0. The Morgan fingerprint density at radius 1 is 1.17 bits per heavy atom. The van der Waals surface area contributed by atoms with E-state index in [-0.39, 0.29) is 12.3 Å². The maximum atomic E-state index is 13.6. The fourth-order valence-corrected chi connectivity index (χ4v) is 3.73. The monoisotopic (exact) mass is 337 g/mol. The highest BCUT2D eigenvalue weighted by atomic mass is 19.3. The summed E-state index contributed by atoms with van der Waals surface area (Å²) in [6.07, 6.45) is 2.86. The average molecular weight is 337 g/mol. The van der Waals surface area contributed by atoms with Crippen LogP contribution in [0, 0.1) is 0 Å². The largest absolute Gasteiger partial charge is 0.349 e. The highest BCUT2D eigenvalue weighted by Gasteiger charge is 2.34. The van der Waals surface area contributed by atoms with Crippen LogP contribution in [-0.4, -0.2) is 46.5 Å². The molecule has 1 aromatic carbocycles. The van der Waals surface area contributed by atoms with E-state index in [1.54, 1.807) is 18.2 Å². The van der Waals surface area contributed by atoms with Crippen molar-refractivity contribution in [1.29, 1.82) is 0 Å². The highest BCUT2D eigenvalue weighted by molar-refractivity contribution is 5.75. The van der Waals surface area contributed by atoms with Crippen molar-refractivity contribution in [2.45, 2.75) is 44.7 Å². The molecule has 4 rings (SSSR count). The van der Waals surface area contributed by atoms with E-state index in [2.05, 4.69) is 9.88 Å². The zero-order valence-electron chi connectivity index (χ0n) is 13.4. The van der Waals surface area contributed by atoms with Crippen LogP contribution in [0.5, 0.6) is 0 Å². The van der Waals surface area contributed by atoms with Gasteiger partial charge in [0.15, 0.2) is 6.29 Å². The number of alkyl halides is 2. The number of halogens is 2. The van der Waals surface area contributed by atoms with Crippen LogP contribution < -0.4 is 0 Å². The highest BCUT2D eigenvalue weighted by Crippen LogP contribution is 2.28. The van der Waals surface area contributed by atoms with Gasteiger partial charge in [-0.2, -0.15) is 8.78 Å². The van der Waals surface area contributed by atoms with Crippen molar-refractivity contribution in [2.75, 3.05) is 19.8 Å². The number of likely N-dealkylation sites (tertiary alicyclic amines) is 1. The summed E-state index contributed by atoms with van der Waals surface area (Å²) in [5, 5.41) is 0. The maximum absolute atomic E-state index is 13.6. The van der Waals surface area contributed by atoms with Gasteiger partial charge in [0, 0.05) is 0 Å². The molecule has 2 aliphatic heterocycles. The number of fused-ring (bicyclic) bond motifs is 1. The first kappa shape index (κ1) is 15.9. The van der Waals surface area contributed by atoms with Gasteiger partial charge >= 0.3 is 6.55 Å². The molecule has 0 aliphatic carbocycles. The second-order valence-corrected chi connectivity index (χ2v) is 6.31. The Morgan fingerprint density at radius 3 is 2.75 bits per heavy atom. The number of hydrogen-bond donors (Lipinski definition) is 0. The number of ether oxygens (including phenoxy) is 2. The summed E-state index contributed by atoms with van der Waals surface area (Å²) in [6, 6.07) is 7.14. The number of piperidine rings is 1. The number of rotatable bonds is 4. The SMILES string of the molecule is FC(F)n1c(CN2CCCCC2C2OCCO2)nc2ccccc21. The van der Waals surface area contributed by atoms with Gasteiger partial charge in [0.2, 0.25) is 0 Å². The lowest BCUT2D eigenvalue weighted by atomic mass is 10.0. The number of nitrogens with zero attached hydrogens (tertiary/aromatic N) is 3. The van der Waals surface area contributed by atoms with Crippen molar-refractivity contribution >= 4 is 11.0 Å². The van der Waals surface area contributed by atoms with Gasteiger partial charge in [-0.05, 0) is 31.5 Å². The first-order valence-corrected chi connectivity index (χ1v) is 8.45. The summed E-state index contributed by atoms with van der Waals surface area (Å²) in [6.45, 7) is -0.169. The molecule has 1 unspecified atom stereocenters. The third-order valence-electron chi connectivity index (χ3n) is 4.83. The van der Waals surface area contributed by atoms with Crippen LogP contribution in [0.3, 0.4) is 0 Å². The van der Waals surface area contributed by atoms with Gasteiger partial charge in [-0.3, -0.25) is 9.47 Å². The lowest BCUT2D eigenvalue weighted by Gasteiger charge is -2.37. The first-order chi connectivity index (χ1) is 11.7. The molecule has 0 spiro atoms.